The molecule has 20 heteroatoms. The highest BCUT2D eigenvalue weighted by Crippen LogP contribution is 2.48. The topological polar surface area (TPSA) is 87.2 Å². The summed E-state index contributed by atoms with van der Waals surface area (Å²) in [6, 6.07) is 84.2. The highest BCUT2D eigenvalue weighted by atomic mass is 19.4. The first kappa shape index (κ1) is 67.8. The lowest BCUT2D eigenvalue weighted by Crippen LogP contribution is -2.12. The number of para-hydroxylation sites is 2. The number of rotatable bonds is 12. The molecule has 0 spiro atoms. The molecule has 13 aromatic carbocycles. The van der Waals surface area contributed by atoms with Gasteiger partial charge in [0.15, 0.2) is 34.9 Å². The fourth-order valence-corrected chi connectivity index (χ4v) is 14.1. The summed E-state index contributed by atoms with van der Waals surface area (Å²) in [4.78, 5) is 30.5. The van der Waals surface area contributed by atoms with Crippen LogP contribution in [0.1, 0.15) is 22.3 Å². The van der Waals surface area contributed by atoms with Crippen LogP contribution in [0.3, 0.4) is 0 Å². The van der Waals surface area contributed by atoms with E-state index >= 15 is 0 Å². The third-order valence-corrected chi connectivity index (χ3v) is 19.1. The lowest BCUT2D eigenvalue weighted by Gasteiger charge is -2.18. The third kappa shape index (κ3) is 12.7. The zero-order valence-corrected chi connectivity index (χ0v) is 56.0. The molecule has 0 aliphatic carbocycles. The van der Waals surface area contributed by atoms with Gasteiger partial charge in [-0.1, -0.05) is 200 Å². The number of hydrogen-bond donors (Lipinski definition) is 0. The van der Waals surface area contributed by atoms with Gasteiger partial charge in [0, 0.05) is 66.2 Å². The molecule has 17 rings (SSSR count). The second-order valence-corrected chi connectivity index (χ2v) is 25.8. The summed E-state index contributed by atoms with van der Waals surface area (Å²) in [5, 5.41) is 2.23. The number of alkyl halides is 12. The molecule has 0 N–H and O–H groups in total. The number of nitrogens with zero attached hydrogens (tertiary/aromatic N) is 8. The molecule has 526 valence electrons. The zero-order chi connectivity index (χ0) is 74.4. The van der Waals surface area contributed by atoms with Crippen LogP contribution in [0.4, 0.5) is 52.7 Å². The molecular weight excluding hydrogens is 1400 g/mol. The zero-order valence-electron chi connectivity index (χ0n) is 56.0. The van der Waals surface area contributed by atoms with E-state index in [4.69, 9.17) is 29.9 Å². The summed E-state index contributed by atoms with van der Waals surface area (Å²) in [7, 11) is 0. The van der Waals surface area contributed by atoms with Crippen LogP contribution in [-0.4, -0.2) is 39.0 Å². The third-order valence-electron chi connectivity index (χ3n) is 19.1. The molecule has 0 saturated heterocycles. The van der Waals surface area contributed by atoms with Gasteiger partial charge in [0.25, 0.3) is 0 Å². The van der Waals surface area contributed by atoms with E-state index in [0.717, 1.165) is 23.3 Å². The van der Waals surface area contributed by atoms with Gasteiger partial charge in [-0.25, -0.2) is 29.9 Å². The Labute approximate surface area is 606 Å². The minimum Gasteiger partial charge on any atom is -0.309 e. The molecule has 0 bridgehead atoms. The predicted octanol–water partition coefficient (Wildman–Crippen LogP) is 25.0. The number of halogens is 12. The van der Waals surface area contributed by atoms with Gasteiger partial charge in [-0.3, -0.25) is 0 Å². The van der Waals surface area contributed by atoms with E-state index in [0.29, 0.717) is 141 Å². The van der Waals surface area contributed by atoms with Gasteiger partial charge in [-0.05, 0) is 142 Å². The van der Waals surface area contributed by atoms with Crippen LogP contribution in [0.25, 0.3) is 168 Å². The summed E-state index contributed by atoms with van der Waals surface area (Å²) >= 11 is 0. The maximum atomic E-state index is 14.9. The number of hydrogen-bond acceptors (Lipinski definition) is 6. The maximum absolute atomic E-state index is 14.9. The van der Waals surface area contributed by atoms with Crippen LogP contribution in [0.5, 0.6) is 0 Å². The van der Waals surface area contributed by atoms with Crippen molar-refractivity contribution in [2.45, 2.75) is 24.7 Å². The quantitative estimate of drug-likeness (QED) is 0.113. The predicted molar refractivity (Wildman–Crippen MR) is 396 cm³/mol. The van der Waals surface area contributed by atoms with Crippen molar-refractivity contribution in [3.8, 4) is 124 Å². The minimum absolute atomic E-state index is 0.0281. The standard InChI is InChI=1S/C88H50F12N8/c89-85(90,91)62-35-37-65(72(49-62)87(95,96)97)57-32-39-77-70(46-57)67-28-13-15-30-74(67)107(77)64-44-60(43-61(45-64)84-105-81(53-22-9-3-10-23-53)102-82(106-84)54-24-11-4-12-25-54)55-26-17-27-56(42-55)69-48-59(83-103-79(51-18-5-1-6-19-51)101-80(104-83)52-20-7-2-8-21-52)34-41-76(69)108-75-31-16-14-29-68(75)71-47-58(33-40-78(71)108)66-38-36-63(86(92,93)94)50-73(66)88(98,99)100/h1-50H. The molecule has 17 aromatic rings. The van der Waals surface area contributed by atoms with Crippen molar-refractivity contribution in [1.29, 1.82) is 0 Å². The van der Waals surface area contributed by atoms with E-state index in [9.17, 15) is 52.7 Å². The van der Waals surface area contributed by atoms with Crippen LogP contribution in [-0.2, 0) is 24.7 Å². The van der Waals surface area contributed by atoms with Crippen molar-refractivity contribution in [1.82, 2.24) is 39.0 Å². The average Bonchev–Trinajstić information content (AvgIpc) is 1.57. The monoisotopic (exact) mass is 1450 g/mol. The Hall–Kier alpha value is -13.4. The lowest BCUT2D eigenvalue weighted by atomic mass is 9.94. The van der Waals surface area contributed by atoms with Gasteiger partial charge < -0.3 is 9.13 Å². The van der Waals surface area contributed by atoms with Gasteiger partial charge in [0.1, 0.15) is 0 Å². The summed E-state index contributed by atoms with van der Waals surface area (Å²) in [5.74, 6) is 2.10. The van der Waals surface area contributed by atoms with Gasteiger partial charge in [0.2, 0.25) is 0 Å². The first-order chi connectivity index (χ1) is 52.0. The van der Waals surface area contributed by atoms with Crippen LogP contribution >= 0.6 is 0 Å². The van der Waals surface area contributed by atoms with Crippen LogP contribution in [0.2, 0.25) is 0 Å². The molecule has 0 amide bonds. The first-order valence-corrected chi connectivity index (χ1v) is 33.8. The molecule has 0 unspecified atom stereocenters. The van der Waals surface area contributed by atoms with E-state index < -0.39 is 58.1 Å². The van der Waals surface area contributed by atoms with Gasteiger partial charge in [-0.15, -0.1) is 0 Å². The number of aromatic nitrogens is 8. The highest BCUT2D eigenvalue weighted by Gasteiger charge is 2.40. The Bertz CT molecular complexity index is 6250. The van der Waals surface area contributed by atoms with Gasteiger partial charge in [-0.2, -0.15) is 52.7 Å². The Morgan fingerprint density at radius 1 is 0.204 bits per heavy atom. The molecular formula is C88H50F12N8. The van der Waals surface area contributed by atoms with Crippen molar-refractivity contribution in [2.24, 2.45) is 0 Å². The second kappa shape index (κ2) is 26.3. The fraction of sp³-hybridized carbons (Fsp3) is 0.0455. The fourth-order valence-electron chi connectivity index (χ4n) is 14.1. The van der Waals surface area contributed by atoms with E-state index in [1.54, 1.807) is 36.4 Å². The van der Waals surface area contributed by atoms with Crippen molar-refractivity contribution < 1.29 is 52.7 Å². The molecule has 0 aliphatic rings. The summed E-state index contributed by atoms with van der Waals surface area (Å²) in [6.45, 7) is 0. The molecule has 4 aromatic heterocycles. The average molecular weight is 1450 g/mol. The van der Waals surface area contributed by atoms with Crippen molar-refractivity contribution in [3.05, 3.63) is 326 Å². The van der Waals surface area contributed by atoms with Crippen LogP contribution < -0.4 is 0 Å². The van der Waals surface area contributed by atoms with E-state index in [2.05, 4.69) is 0 Å². The Morgan fingerprint density at radius 3 is 0.991 bits per heavy atom. The van der Waals surface area contributed by atoms with Crippen molar-refractivity contribution in [2.75, 3.05) is 0 Å². The van der Waals surface area contributed by atoms with E-state index in [1.807, 2.05) is 228 Å². The SMILES string of the molecule is FC(F)(F)c1ccc(-c2ccc3c(c2)c2ccccc2n3-c2cc(-c3cccc(-c4cc(-c5nc(-c6ccccc6)nc(-c6ccccc6)n5)ccc4-n4c5ccccc5c5cc(-c6ccc(C(F)(F)F)cc6C(F)(F)F)ccc54)c3)cc(-c3nc(-c4ccccc4)nc(-c4ccccc4)n3)c2)c(C(F)(F)F)c1. The first-order valence-electron chi connectivity index (χ1n) is 33.8. The number of fused-ring (bicyclic) bond motifs is 6. The molecule has 0 atom stereocenters. The number of benzene rings is 13. The Balaban J connectivity index is 0.901. The van der Waals surface area contributed by atoms with Gasteiger partial charge >= 0.3 is 24.7 Å². The molecule has 8 nitrogen and oxygen atoms in total. The lowest BCUT2D eigenvalue weighted by molar-refractivity contribution is -0.144. The summed E-state index contributed by atoms with van der Waals surface area (Å²) < 4.78 is 178. The molecule has 0 radical (unpaired) electrons. The van der Waals surface area contributed by atoms with Crippen molar-refractivity contribution in [3.63, 3.8) is 0 Å². The van der Waals surface area contributed by atoms with E-state index in [-0.39, 0.29) is 29.1 Å². The largest absolute Gasteiger partial charge is 0.417 e. The Kier molecular flexibility index (Phi) is 16.5. The second-order valence-electron chi connectivity index (χ2n) is 25.8. The van der Waals surface area contributed by atoms with Crippen LogP contribution in [0.15, 0.2) is 303 Å². The maximum Gasteiger partial charge on any atom is 0.417 e. The van der Waals surface area contributed by atoms with Crippen LogP contribution in [0, 0.1) is 0 Å². The summed E-state index contributed by atoms with van der Waals surface area (Å²) in [5.41, 5.74) is 3.30. The summed E-state index contributed by atoms with van der Waals surface area (Å²) in [6.07, 6.45) is -20.4. The highest BCUT2D eigenvalue weighted by molar-refractivity contribution is 6.12. The minimum atomic E-state index is -5.16. The molecule has 0 aliphatic heterocycles. The molecule has 4 heterocycles. The molecule has 108 heavy (non-hydrogen) atoms. The smallest absolute Gasteiger partial charge is 0.309 e. The van der Waals surface area contributed by atoms with Crippen molar-refractivity contribution >= 4 is 43.6 Å². The molecule has 0 fully saturated rings. The normalized spacial score (nSPS) is 12.3. The van der Waals surface area contributed by atoms with E-state index in [1.165, 1.54) is 12.1 Å². The molecule has 0 saturated carbocycles. The van der Waals surface area contributed by atoms with Gasteiger partial charge in [0.05, 0.1) is 50.0 Å². The Morgan fingerprint density at radius 2 is 0.546 bits per heavy atom.